The van der Waals surface area contributed by atoms with E-state index in [0.29, 0.717) is 36.9 Å². The highest BCUT2D eigenvalue weighted by molar-refractivity contribution is 5.92. The SMILES string of the molecule is Cc1cc(=O)oc2cc(NC(=O)N3CCCN(c4ncccn4)CC3)ccc12. The van der Waals surface area contributed by atoms with E-state index in [4.69, 9.17) is 4.42 Å². The number of aryl methyl sites for hydroxylation is 1. The number of rotatable bonds is 2. The summed E-state index contributed by atoms with van der Waals surface area (Å²) in [6.07, 6.45) is 4.27. The van der Waals surface area contributed by atoms with Gasteiger partial charge in [-0.3, -0.25) is 0 Å². The van der Waals surface area contributed by atoms with Crippen LogP contribution in [0.5, 0.6) is 0 Å². The highest BCUT2D eigenvalue weighted by atomic mass is 16.4. The van der Waals surface area contributed by atoms with Crippen LogP contribution in [0.15, 0.2) is 51.9 Å². The first kappa shape index (κ1) is 18.0. The van der Waals surface area contributed by atoms with Gasteiger partial charge in [0.15, 0.2) is 0 Å². The summed E-state index contributed by atoms with van der Waals surface area (Å²) in [6, 6.07) is 8.41. The van der Waals surface area contributed by atoms with Crippen molar-refractivity contribution in [2.75, 3.05) is 36.4 Å². The number of fused-ring (bicyclic) bond motifs is 1. The van der Waals surface area contributed by atoms with E-state index in [0.717, 1.165) is 23.9 Å². The van der Waals surface area contributed by atoms with Crippen LogP contribution in [0.2, 0.25) is 0 Å². The molecule has 0 atom stereocenters. The lowest BCUT2D eigenvalue weighted by Crippen LogP contribution is -2.38. The summed E-state index contributed by atoms with van der Waals surface area (Å²) in [5, 5.41) is 3.75. The van der Waals surface area contributed by atoms with Crippen LogP contribution in [-0.2, 0) is 0 Å². The molecule has 1 saturated heterocycles. The highest BCUT2D eigenvalue weighted by Crippen LogP contribution is 2.21. The number of carbonyl (C=O) groups is 1. The molecule has 0 spiro atoms. The summed E-state index contributed by atoms with van der Waals surface area (Å²) in [4.78, 5) is 36.7. The largest absolute Gasteiger partial charge is 0.423 e. The monoisotopic (exact) mass is 379 g/mol. The van der Waals surface area contributed by atoms with E-state index in [-0.39, 0.29) is 6.03 Å². The van der Waals surface area contributed by atoms with Crippen molar-refractivity contribution < 1.29 is 9.21 Å². The molecular weight excluding hydrogens is 358 g/mol. The first-order valence-corrected chi connectivity index (χ1v) is 9.22. The van der Waals surface area contributed by atoms with Gasteiger partial charge in [-0.15, -0.1) is 0 Å². The van der Waals surface area contributed by atoms with Crippen molar-refractivity contribution in [1.82, 2.24) is 14.9 Å². The fourth-order valence-electron chi connectivity index (χ4n) is 3.38. The van der Waals surface area contributed by atoms with E-state index in [2.05, 4.69) is 20.2 Å². The fraction of sp³-hybridized carbons (Fsp3) is 0.300. The molecule has 3 heterocycles. The fourth-order valence-corrected chi connectivity index (χ4v) is 3.38. The summed E-state index contributed by atoms with van der Waals surface area (Å²) in [6.45, 7) is 4.55. The maximum Gasteiger partial charge on any atom is 0.336 e. The Balaban J connectivity index is 1.45. The molecule has 0 bridgehead atoms. The minimum Gasteiger partial charge on any atom is -0.423 e. The van der Waals surface area contributed by atoms with E-state index in [1.807, 2.05) is 19.1 Å². The van der Waals surface area contributed by atoms with Gasteiger partial charge in [0.2, 0.25) is 5.95 Å². The van der Waals surface area contributed by atoms with E-state index in [1.165, 1.54) is 6.07 Å². The molecule has 28 heavy (non-hydrogen) atoms. The van der Waals surface area contributed by atoms with Crippen molar-refractivity contribution in [2.24, 2.45) is 0 Å². The molecule has 1 aliphatic rings. The number of anilines is 2. The number of hydrogen-bond acceptors (Lipinski definition) is 6. The van der Waals surface area contributed by atoms with E-state index in [1.54, 1.807) is 29.4 Å². The molecule has 1 N–H and O–H groups in total. The van der Waals surface area contributed by atoms with Crippen LogP contribution >= 0.6 is 0 Å². The third-order valence-corrected chi connectivity index (χ3v) is 4.82. The van der Waals surface area contributed by atoms with Crippen LogP contribution in [0.1, 0.15) is 12.0 Å². The zero-order chi connectivity index (χ0) is 19.5. The Bertz CT molecular complexity index is 1050. The third kappa shape index (κ3) is 3.80. The quantitative estimate of drug-likeness (QED) is 0.688. The summed E-state index contributed by atoms with van der Waals surface area (Å²) >= 11 is 0. The number of hydrogen-bond donors (Lipinski definition) is 1. The van der Waals surface area contributed by atoms with Gasteiger partial charge in [0.25, 0.3) is 0 Å². The van der Waals surface area contributed by atoms with Gasteiger partial charge in [-0.05, 0) is 37.1 Å². The second-order valence-electron chi connectivity index (χ2n) is 6.77. The van der Waals surface area contributed by atoms with Crippen molar-refractivity contribution >= 4 is 28.6 Å². The van der Waals surface area contributed by atoms with Crippen LogP contribution in [0.4, 0.5) is 16.4 Å². The lowest BCUT2D eigenvalue weighted by molar-refractivity contribution is 0.215. The maximum atomic E-state index is 12.7. The van der Waals surface area contributed by atoms with Crippen LogP contribution in [0.25, 0.3) is 11.0 Å². The lowest BCUT2D eigenvalue weighted by Gasteiger charge is -2.22. The van der Waals surface area contributed by atoms with Crippen molar-refractivity contribution in [3.8, 4) is 0 Å². The smallest absolute Gasteiger partial charge is 0.336 e. The van der Waals surface area contributed by atoms with Gasteiger partial charge in [-0.2, -0.15) is 0 Å². The first-order chi connectivity index (χ1) is 13.6. The Morgan fingerprint density at radius 3 is 2.75 bits per heavy atom. The van der Waals surface area contributed by atoms with Crippen molar-refractivity contribution in [3.63, 3.8) is 0 Å². The molecule has 3 aromatic rings. The number of nitrogens with one attached hydrogen (secondary N) is 1. The van der Waals surface area contributed by atoms with Crippen LogP contribution < -0.4 is 15.8 Å². The van der Waals surface area contributed by atoms with Gasteiger partial charge in [0, 0.05) is 61.8 Å². The maximum absolute atomic E-state index is 12.7. The number of carbonyl (C=O) groups excluding carboxylic acids is 1. The molecule has 4 rings (SSSR count). The standard InChI is InChI=1S/C20H21N5O3/c1-14-12-18(26)28-17-13-15(4-5-16(14)17)23-20(27)25-9-3-8-24(10-11-25)19-21-6-2-7-22-19/h2,4-7,12-13H,3,8-11H2,1H3,(H,23,27). The van der Waals surface area contributed by atoms with Crippen LogP contribution in [0, 0.1) is 6.92 Å². The Hall–Kier alpha value is -3.42. The Morgan fingerprint density at radius 2 is 1.93 bits per heavy atom. The van der Waals surface area contributed by atoms with Gasteiger partial charge < -0.3 is 19.5 Å². The number of nitrogens with zero attached hydrogens (tertiary/aromatic N) is 4. The van der Waals surface area contributed by atoms with Crippen LogP contribution in [-0.4, -0.2) is 47.1 Å². The minimum atomic E-state index is -0.399. The molecule has 1 fully saturated rings. The van der Waals surface area contributed by atoms with E-state index in [9.17, 15) is 9.59 Å². The van der Waals surface area contributed by atoms with Gasteiger partial charge in [-0.1, -0.05) is 0 Å². The molecule has 144 valence electrons. The molecular formula is C20H21N5O3. The molecule has 0 aliphatic carbocycles. The molecule has 8 nitrogen and oxygen atoms in total. The topological polar surface area (TPSA) is 91.6 Å². The minimum absolute atomic E-state index is 0.176. The average molecular weight is 379 g/mol. The van der Waals surface area contributed by atoms with E-state index >= 15 is 0 Å². The Labute approximate surface area is 161 Å². The number of amides is 2. The van der Waals surface area contributed by atoms with Crippen molar-refractivity contribution in [1.29, 1.82) is 0 Å². The van der Waals surface area contributed by atoms with Gasteiger partial charge in [-0.25, -0.2) is 19.6 Å². The molecule has 0 unspecified atom stereocenters. The zero-order valence-electron chi connectivity index (χ0n) is 15.6. The second kappa shape index (κ2) is 7.67. The summed E-state index contributed by atoms with van der Waals surface area (Å²) < 4.78 is 5.25. The van der Waals surface area contributed by atoms with E-state index < -0.39 is 5.63 Å². The molecule has 8 heteroatoms. The molecule has 0 radical (unpaired) electrons. The van der Waals surface area contributed by atoms with Crippen molar-refractivity contribution in [2.45, 2.75) is 13.3 Å². The van der Waals surface area contributed by atoms with Crippen molar-refractivity contribution in [3.05, 3.63) is 58.7 Å². The van der Waals surface area contributed by atoms with Gasteiger partial charge in [0.05, 0.1) is 0 Å². The normalized spacial score (nSPS) is 14.8. The molecule has 2 aromatic heterocycles. The first-order valence-electron chi connectivity index (χ1n) is 9.22. The predicted octanol–water partition coefficient (Wildman–Crippen LogP) is 2.64. The third-order valence-electron chi connectivity index (χ3n) is 4.82. The predicted molar refractivity (Wildman–Crippen MR) is 107 cm³/mol. The molecule has 0 saturated carbocycles. The number of urea groups is 1. The number of aromatic nitrogens is 2. The average Bonchev–Trinajstić information content (AvgIpc) is 2.94. The summed E-state index contributed by atoms with van der Waals surface area (Å²) in [5.74, 6) is 0.685. The van der Waals surface area contributed by atoms with Crippen LogP contribution in [0.3, 0.4) is 0 Å². The summed E-state index contributed by atoms with van der Waals surface area (Å²) in [5.41, 5.74) is 1.51. The summed E-state index contributed by atoms with van der Waals surface area (Å²) in [7, 11) is 0. The van der Waals surface area contributed by atoms with Gasteiger partial charge >= 0.3 is 11.7 Å². The number of benzene rings is 1. The molecule has 1 aliphatic heterocycles. The molecule has 2 amide bonds. The van der Waals surface area contributed by atoms with Gasteiger partial charge in [0.1, 0.15) is 5.58 Å². The Kier molecular flexibility index (Phi) is 4.92. The molecule has 1 aromatic carbocycles. The highest BCUT2D eigenvalue weighted by Gasteiger charge is 2.20. The lowest BCUT2D eigenvalue weighted by atomic mass is 10.1. The Morgan fingerprint density at radius 1 is 1.11 bits per heavy atom. The zero-order valence-corrected chi connectivity index (χ0v) is 15.6. The second-order valence-corrected chi connectivity index (χ2v) is 6.77.